The lowest BCUT2D eigenvalue weighted by molar-refractivity contribution is -0.142. The molecule has 2 aromatic rings. The van der Waals surface area contributed by atoms with E-state index in [4.69, 9.17) is 4.74 Å². The molecule has 0 spiro atoms. The number of benzene rings is 2. The highest BCUT2D eigenvalue weighted by atomic mass is 79.9. The molecule has 0 fully saturated rings. The van der Waals surface area contributed by atoms with Gasteiger partial charge < -0.3 is 15.0 Å². The van der Waals surface area contributed by atoms with Crippen molar-refractivity contribution in [1.29, 1.82) is 0 Å². The van der Waals surface area contributed by atoms with Crippen LogP contribution in [0.25, 0.3) is 0 Å². The Morgan fingerprint density at radius 3 is 2.56 bits per heavy atom. The van der Waals surface area contributed by atoms with E-state index in [1.165, 1.54) is 4.90 Å². The molecule has 27 heavy (non-hydrogen) atoms. The number of rotatable bonds is 7. The maximum absolute atomic E-state index is 12.9. The van der Waals surface area contributed by atoms with Gasteiger partial charge in [0.15, 0.2) is 6.61 Å². The van der Waals surface area contributed by atoms with Gasteiger partial charge in [-0.25, -0.2) is 0 Å². The Morgan fingerprint density at radius 2 is 1.93 bits per heavy atom. The van der Waals surface area contributed by atoms with Crippen molar-refractivity contribution in [2.24, 2.45) is 0 Å². The van der Waals surface area contributed by atoms with Crippen molar-refractivity contribution in [2.45, 2.75) is 33.4 Å². The zero-order valence-electron chi connectivity index (χ0n) is 16.1. The average molecular weight is 433 g/mol. The Balaban J connectivity index is 2.15. The number of carbonyl (C=O) groups is 2. The van der Waals surface area contributed by atoms with E-state index in [0.717, 1.165) is 21.2 Å². The number of nitrogens with zero attached hydrogens (tertiary/aromatic N) is 1. The van der Waals surface area contributed by atoms with Crippen LogP contribution in [0.1, 0.15) is 23.6 Å². The van der Waals surface area contributed by atoms with Gasteiger partial charge in [0, 0.05) is 18.1 Å². The van der Waals surface area contributed by atoms with E-state index in [1.807, 2.05) is 56.3 Å². The van der Waals surface area contributed by atoms with Crippen LogP contribution in [0.3, 0.4) is 0 Å². The predicted octanol–water partition coefficient (Wildman–Crippen LogP) is 3.61. The summed E-state index contributed by atoms with van der Waals surface area (Å²) in [6.07, 6.45) is 0. The van der Waals surface area contributed by atoms with Gasteiger partial charge in [-0.2, -0.15) is 0 Å². The monoisotopic (exact) mass is 432 g/mol. The van der Waals surface area contributed by atoms with Gasteiger partial charge in [-0.15, -0.1) is 0 Å². The standard InChI is InChI=1S/C21H25BrN2O3/c1-14-8-9-19(15(2)10-14)27-13-20(25)24(16(3)21(26)23-4)12-17-6-5-7-18(22)11-17/h5-11,16H,12-13H2,1-4H3,(H,23,26)/t16-/m1/s1. The van der Waals surface area contributed by atoms with Gasteiger partial charge in [-0.3, -0.25) is 9.59 Å². The smallest absolute Gasteiger partial charge is 0.261 e. The fourth-order valence-electron chi connectivity index (χ4n) is 2.81. The maximum atomic E-state index is 12.9. The summed E-state index contributed by atoms with van der Waals surface area (Å²) in [5.74, 6) is 0.208. The normalized spacial score (nSPS) is 11.6. The molecule has 144 valence electrons. The number of likely N-dealkylation sites (N-methyl/N-ethyl adjacent to an activating group) is 1. The number of hydrogen-bond donors (Lipinski definition) is 1. The Labute approximate surface area is 168 Å². The first kappa shape index (κ1) is 21.0. The van der Waals surface area contributed by atoms with Crippen molar-refractivity contribution >= 4 is 27.7 Å². The Kier molecular flexibility index (Phi) is 7.42. The molecule has 0 radical (unpaired) electrons. The van der Waals surface area contributed by atoms with Gasteiger partial charge in [-0.05, 0) is 50.1 Å². The van der Waals surface area contributed by atoms with Crippen LogP contribution in [0.15, 0.2) is 46.9 Å². The zero-order chi connectivity index (χ0) is 20.0. The average Bonchev–Trinajstić information content (AvgIpc) is 2.64. The summed E-state index contributed by atoms with van der Waals surface area (Å²) >= 11 is 3.44. The first-order chi connectivity index (χ1) is 12.8. The molecular weight excluding hydrogens is 408 g/mol. The Hall–Kier alpha value is -2.34. The third-order valence-corrected chi connectivity index (χ3v) is 4.83. The summed E-state index contributed by atoms with van der Waals surface area (Å²) in [5, 5.41) is 2.60. The van der Waals surface area contributed by atoms with Crippen LogP contribution >= 0.6 is 15.9 Å². The minimum absolute atomic E-state index is 0.126. The molecule has 5 nitrogen and oxygen atoms in total. The highest BCUT2D eigenvalue weighted by molar-refractivity contribution is 9.10. The molecule has 0 aromatic heterocycles. The van der Waals surface area contributed by atoms with Crippen LogP contribution in [0, 0.1) is 13.8 Å². The fourth-order valence-corrected chi connectivity index (χ4v) is 3.25. The van der Waals surface area contributed by atoms with Crippen LogP contribution in [0.4, 0.5) is 0 Å². The quantitative estimate of drug-likeness (QED) is 0.726. The molecular formula is C21H25BrN2O3. The van der Waals surface area contributed by atoms with Crippen molar-refractivity contribution in [2.75, 3.05) is 13.7 Å². The third kappa shape index (κ3) is 5.82. The van der Waals surface area contributed by atoms with Crippen LogP contribution in [0.2, 0.25) is 0 Å². The van der Waals surface area contributed by atoms with Crippen LogP contribution in [-0.4, -0.2) is 36.4 Å². The number of carbonyl (C=O) groups excluding carboxylic acids is 2. The Morgan fingerprint density at radius 1 is 1.19 bits per heavy atom. The molecule has 0 aliphatic carbocycles. The molecule has 6 heteroatoms. The molecule has 0 unspecified atom stereocenters. The van der Waals surface area contributed by atoms with Gasteiger partial charge >= 0.3 is 0 Å². The molecule has 2 aromatic carbocycles. The second kappa shape index (κ2) is 9.55. The summed E-state index contributed by atoms with van der Waals surface area (Å²) < 4.78 is 6.65. The van der Waals surface area contributed by atoms with Crippen molar-refractivity contribution < 1.29 is 14.3 Å². The van der Waals surface area contributed by atoms with E-state index in [9.17, 15) is 9.59 Å². The summed E-state index contributed by atoms with van der Waals surface area (Å²) in [7, 11) is 1.56. The van der Waals surface area contributed by atoms with E-state index in [-0.39, 0.29) is 18.4 Å². The van der Waals surface area contributed by atoms with Gasteiger partial charge in [0.2, 0.25) is 5.91 Å². The van der Waals surface area contributed by atoms with Crippen molar-refractivity contribution in [3.05, 3.63) is 63.6 Å². The maximum Gasteiger partial charge on any atom is 0.261 e. The molecule has 0 saturated heterocycles. The fraction of sp³-hybridized carbons (Fsp3) is 0.333. The van der Waals surface area contributed by atoms with Gasteiger partial charge in [0.25, 0.3) is 5.91 Å². The first-order valence-corrected chi connectivity index (χ1v) is 9.56. The SMILES string of the molecule is CNC(=O)[C@@H](C)N(Cc1cccc(Br)c1)C(=O)COc1ccc(C)cc1C. The second-order valence-corrected chi connectivity index (χ2v) is 7.42. The minimum atomic E-state index is -0.607. The summed E-state index contributed by atoms with van der Waals surface area (Å²) in [5.41, 5.74) is 3.04. The lowest BCUT2D eigenvalue weighted by atomic mass is 10.1. The van der Waals surface area contributed by atoms with Gasteiger partial charge in [-0.1, -0.05) is 45.8 Å². The third-order valence-electron chi connectivity index (χ3n) is 4.34. The molecule has 0 saturated carbocycles. The largest absolute Gasteiger partial charge is 0.483 e. The number of halogens is 1. The van der Waals surface area contributed by atoms with Crippen molar-refractivity contribution in [1.82, 2.24) is 10.2 Å². The zero-order valence-corrected chi connectivity index (χ0v) is 17.7. The molecule has 1 N–H and O–H groups in total. The number of amides is 2. The minimum Gasteiger partial charge on any atom is -0.483 e. The van der Waals surface area contributed by atoms with E-state index >= 15 is 0 Å². The molecule has 1 atom stereocenters. The van der Waals surface area contributed by atoms with E-state index in [2.05, 4.69) is 21.2 Å². The summed E-state index contributed by atoms with van der Waals surface area (Å²) in [4.78, 5) is 26.5. The summed E-state index contributed by atoms with van der Waals surface area (Å²) in [6, 6.07) is 12.9. The molecule has 2 rings (SSSR count). The number of hydrogen-bond acceptors (Lipinski definition) is 3. The lowest BCUT2D eigenvalue weighted by Gasteiger charge is -2.28. The molecule has 0 aliphatic heterocycles. The van der Waals surface area contributed by atoms with Crippen LogP contribution < -0.4 is 10.1 Å². The number of nitrogens with one attached hydrogen (secondary N) is 1. The molecule has 2 amide bonds. The molecule has 0 bridgehead atoms. The van der Waals surface area contributed by atoms with E-state index in [1.54, 1.807) is 14.0 Å². The van der Waals surface area contributed by atoms with Gasteiger partial charge in [0.1, 0.15) is 11.8 Å². The first-order valence-electron chi connectivity index (χ1n) is 8.77. The van der Waals surface area contributed by atoms with E-state index in [0.29, 0.717) is 12.3 Å². The Bertz CT molecular complexity index is 823. The number of aryl methyl sites for hydroxylation is 2. The van der Waals surface area contributed by atoms with Gasteiger partial charge in [0.05, 0.1) is 0 Å². The predicted molar refractivity (Wildman–Crippen MR) is 110 cm³/mol. The summed E-state index contributed by atoms with van der Waals surface area (Å²) in [6.45, 7) is 5.86. The van der Waals surface area contributed by atoms with Crippen LogP contribution in [0.5, 0.6) is 5.75 Å². The number of ether oxygens (including phenoxy) is 1. The van der Waals surface area contributed by atoms with E-state index < -0.39 is 6.04 Å². The van der Waals surface area contributed by atoms with Crippen molar-refractivity contribution in [3.63, 3.8) is 0 Å². The highest BCUT2D eigenvalue weighted by Gasteiger charge is 2.26. The lowest BCUT2D eigenvalue weighted by Crippen LogP contribution is -2.48. The molecule has 0 aliphatic rings. The second-order valence-electron chi connectivity index (χ2n) is 6.50. The molecule has 0 heterocycles. The van der Waals surface area contributed by atoms with Crippen molar-refractivity contribution in [3.8, 4) is 5.75 Å². The topological polar surface area (TPSA) is 58.6 Å². The van der Waals surface area contributed by atoms with Crippen LogP contribution in [-0.2, 0) is 16.1 Å². The highest BCUT2D eigenvalue weighted by Crippen LogP contribution is 2.20.